The zero-order valence-corrected chi connectivity index (χ0v) is 16.9. The average molecular weight is 380 g/mol. The molecule has 3 heterocycles. The van der Waals surface area contributed by atoms with Crippen molar-refractivity contribution in [1.29, 1.82) is 0 Å². The maximum absolute atomic E-state index is 4.86. The van der Waals surface area contributed by atoms with Crippen LogP contribution < -0.4 is 10.2 Å². The van der Waals surface area contributed by atoms with Crippen LogP contribution in [0.1, 0.15) is 50.5 Å². The molecule has 0 radical (unpaired) electrons. The molecule has 2 fully saturated rings. The molecule has 1 aromatic heterocycles. The summed E-state index contributed by atoms with van der Waals surface area (Å²) in [7, 11) is 0. The summed E-state index contributed by atoms with van der Waals surface area (Å²) in [5, 5.41) is 3.64. The van der Waals surface area contributed by atoms with E-state index < -0.39 is 0 Å². The maximum Gasteiger partial charge on any atom is 0.224 e. The summed E-state index contributed by atoms with van der Waals surface area (Å²) in [6, 6.07) is 13.3. The van der Waals surface area contributed by atoms with E-state index in [1.54, 1.807) is 0 Å². The lowest BCUT2D eigenvalue weighted by molar-refractivity contribution is 0.269. The minimum atomic E-state index is 0.408. The molecule has 2 aliphatic rings. The van der Waals surface area contributed by atoms with E-state index in [2.05, 4.69) is 56.5 Å². The smallest absolute Gasteiger partial charge is 0.224 e. The molecule has 0 saturated carbocycles. The summed E-state index contributed by atoms with van der Waals surface area (Å²) >= 11 is 0. The molecule has 0 aliphatic carbocycles. The molecule has 2 aliphatic heterocycles. The Bertz CT molecular complexity index is 712. The fraction of sp³-hybridized carbons (Fsp3) is 0.565. The molecule has 2 saturated heterocycles. The van der Waals surface area contributed by atoms with Gasteiger partial charge in [-0.05, 0) is 43.9 Å². The summed E-state index contributed by atoms with van der Waals surface area (Å²) in [6.07, 6.45) is 10.8. The predicted octanol–water partition coefficient (Wildman–Crippen LogP) is 4.32. The normalized spacial score (nSPS) is 21.7. The topological polar surface area (TPSA) is 44.3 Å². The van der Waals surface area contributed by atoms with Gasteiger partial charge in [0.15, 0.2) is 0 Å². The van der Waals surface area contributed by atoms with Crippen LogP contribution in [0, 0.1) is 0 Å². The first-order chi connectivity index (χ1) is 13.9. The van der Waals surface area contributed by atoms with Crippen molar-refractivity contribution in [1.82, 2.24) is 14.9 Å². The molecule has 5 nitrogen and oxygen atoms in total. The van der Waals surface area contributed by atoms with Crippen LogP contribution in [0.5, 0.6) is 0 Å². The highest BCUT2D eigenvalue weighted by atomic mass is 15.2. The van der Waals surface area contributed by atoms with Crippen LogP contribution >= 0.6 is 0 Å². The molecule has 0 unspecified atom stereocenters. The second-order valence-electron chi connectivity index (χ2n) is 8.20. The summed E-state index contributed by atoms with van der Waals surface area (Å²) in [6.45, 7) is 5.47. The molecule has 28 heavy (non-hydrogen) atoms. The predicted molar refractivity (Wildman–Crippen MR) is 116 cm³/mol. The summed E-state index contributed by atoms with van der Waals surface area (Å²) in [4.78, 5) is 14.4. The standard InChI is InChI=1S/C23H33N5/c1-2-8-17-28(16-7-1)22-13-14-24-23(26-22)25-21-12-6-9-15-27(19-21)18-20-10-4-3-5-11-20/h3-5,10-11,13-14,21H,1-2,6-9,12,15-19H2,(H,24,25,26)/t21-/m1/s1. The fourth-order valence-corrected chi connectivity index (χ4v) is 4.40. The van der Waals surface area contributed by atoms with Crippen molar-refractivity contribution in [3.8, 4) is 0 Å². The number of anilines is 2. The van der Waals surface area contributed by atoms with Crippen LogP contribution in [0.25, 0.3) is 0 Å². The Balaban J connectivity index is 1.39. The van der Waals surface area contributed by atoms with Gasteiger partial charge in [-0.25, -0.2) is 4.98 Å². The van der Waals surface area contributed by atoms with Gasteiger partial charge < -0.3 is 10.2 Å². The number of benzene rings is 1. The number of nitrogens with zero attached hydrogens (tertiary/aromatic N) is 4. The van der Waals surface area contributed by atoms with Crippen LogP contribution in [-0.4, -0.2) is 47.1 Å². The minimum Gasteiger partial charge on any atom is -0.356 e. The van der Waals surface area contributed by atoms with Crippen molar-refractivity contribution in [3.63, 3.8) is 0 Å². The molecule has 0 spiro atoms. The van der Waals surface area contributed by atoms with E-state index in [-0.39, 0.29) is 0 Å². The van der Waals surface area contributed by atoms with Gasteiger partial charge in [0, 0.05) is 38.4 Å². The van der Waals surface area contributed by atoms with E-state index in [1.165, 1.54) is 57.1 Å². The van der Waals surface area contributed by atoms with Gasteiger partial charge in [0.2, 0.25) is 5.95 Å². The van der Waals surface area contributed by atoms with Gasteiger partial charge in [-0.3, -0.25) is 4.90 Å². The Hall–Kier alpha value is -2.14. The molecule has 1 atom stereocenters. The molecule has 1 N–H and O–H groups in total. The van der Waals surface area contributed by atoms with E-state index in [9.17, 15) is 0 Å². The van der Waals surface area contributed by atoms with Gasteiger partial charge >= 0.3 is 0 Å². The Kier molecular flexibility index (Phi) is 6.77. The van der Waals surface area contributed by atoms with Gasteiger partial charge in [-0.2, -0.15) is 4.98 Å². The second-order valence-corrected chi connectivity index (χ2v) is 8.20. The summed E-state index contributed by atoms with van der Waals surface area (Å²) in [5.41, 5.74) is 1.39. The molecule has 150 valence electrons. The first-order valence-corrected chi connectivity index (χ1v) is 11.0. The molecular formula is C23H33N5. The lowest BCUT2D eigenvalue weighted by Crippen LogP contribution is -2.35. The maximum atomic E-state index is 4.86. The number of likely N-dealkylation sites (tertiary alicyclic amines) is 1. The Labute approximate surface area is 169 Å². The molecule has 0 bridgehead atoms. The van der Waals surface area contributed by atoms with Gasteiger partial charge in [-0.15, -0.1) is 0 Å². The van der Waals surface area contributed by atoms with Crippen LogP contribution in [0.3, 0.4) is 0 Å². The molecule has 4 rings (SSSR count). The fourth-order valence-electron chi connectivity index (χ4n) is 4.40. The van der Waals surface area contributed by atoms with Gasteiger partial charge in [0.25, 0.3) is 0 Å². The van der Waals surface area contributed by atoms with E-state index >= 15 is 0 Å². The highest BCUT2D eigenvalue weighted by molar-refractivity contribution is 5.43. The van der Waals surface area contributed by atoms with Crippen molar-refractivity contribution >= 4 is 11.8 Å². The SMILES string of the molecule is c1ccc(CN2CCCC[C@@H](Nc3nccc(N4CCCCCC4)n3)C2)cc1. The van der Waals surface area contributed by atoms with E-state index in [0.29, 0.717) is 6.04 Å². The van der Waals surface area contributed by atoms with Crippen LogP contribution in [0.2, 0.25) is 0 Å². The van der Waals surface area contributed by atoms with E-state index in [0.717, 1.165) is 37.9 Å². The highest BCUT2D eigenvalue weighted by Crippen LogP contribution is 2.20. The monoisotopic (exact) mass is 379 g/mol. The van der Waals surface area contributed by atoms with Crippen molar-refractivity contribution in [2.75, 3.05) is 36.4 Å². The number of rotatable bonds is 5. The lowest BCUT2D eigenvalue weighted by Gasteiger charge is -2.26. The first kappa shape index (κ1) is 19.2. The number of hydrogen-bond acceptors (Lipinski definition) is 5. The zero-order chi connectivity index (χ0) is 19.0. The molecule has 2 aromatic rings. The van der Waals surface area contributed by atoms with Crippen LogP contribution in [0.4, 0.5) is 11.8 Å². The summed E-state index contributed by atoms with van der Waals surface area (Å²) in [5.74, 6) is 1.86. The summed E-state index contributed by atoms with van der Waals surface area (Å²) < 4.78 is 0. The van der Waals surface area contributed by atoms with Crippen molar-refractivity contribution in [2.24, 2.45) is 0 Å². The number of aromatic nitrogens is 2. The second kappa shape index (κ2) is 9.87. The first-order valence-electron chi connectivity index (χ1n) is 11.0. The number of hydrogen-bond donors (Lipinski definition) is 1. The van der Waals surface area contributed by atoms with E-state index in [4.69, 9.17) is 4.98 Å². The van der Waals surface area contributed by atoms with Crippen LogP contribution in [0.15, 0.2) is 42.6 Å². The molecule has 0 amide bonds. The largest absolute Gasteiger partial charge is 0.356 e. The van der Waals surface area contributed by atoms with Gasteiger partial charge in [-0.1, -0.05) is 49.6 Å². The number of nitrogens with one attached hydrogen (secondary N) is 1. The quantitative estimate of drug-likeness (QED) is 0.838. The Morgan fingerprint density at radius 3 is 2.50 bits per heavy atom. The van der Waals surface area contributed by atoms with Gasteiger partial charge in [0.05, 0.1) is 0 Å². The third kappa shape index (κ3) is 5.44. The molecule has 5 heteroatoms. The van der Waals surface area contributed by atoms with Crippen molar-refractivity contribution in [3.05, 3.63) is 48.2 Å². The minimum absolute atomic E-state index is 0.408. The van der Waals surface area contributed by atoms with Crippen LogP contribution in [-0.2, 0) is 6.54 Å². The zero-order valence-electron chi connectivity index (χ0n) is 16.9. The Morgan fingerprint density at radius 2 is 1.68 bits per heavy atom. The average Bonchev–Trinajstić information content (AvgIpc) is 3.12. The third-order valence-corrected chi connectivity index (χ3v) is 5.91. The third-order valence-electron chi connectivity index (χ3n) is 5.91. The van der Waals surface area contributed by atoms with Gasteiger partial charge in [0.1, 0.15) is 5.82 Å². The Morgan fingerprint density at radius 1 is 0.893 bits per heavy atom. The van der Waals surface area contributed by atoms with Crippen molar-refractivity contribution in [2.45, 2.75) is 57.5 Å². The van der Waals surface area contributed by atoms with Crippen molar-refractivity contribution < 1.29 is 0 Å². The van der Waals surface area contributed by atoms with E-state index in [1.807, 2.05) is 6.20 Å². The highest BCUT2D eigenvalue weighted by Gasteiger charge is 2.19. The molecular weight excluding hydrogens is 346 g/mol. The molecule has 1 aromatic carbocycles. The lowest BCUT2D eigenvalue weighted by atomic mass is 10.1.